The van der Waals surface area contributed by atoms with Crippen LogP contribution < -0.4 is 10.2 Å². The van der Waals surface area contributed by atoms with E-state index in [1.165, 1.54) is 0 Å². The number of carbonyl (C=O) groups is 1. The Morgan fingerprint density at radius 3 is 2.45 bits per heavy atom. The predicted molar refractivity (Wildman–Crippen MR) is 131 cm³/mol. The lowest BCUT2D eigenvalue weighted by Crippen LogP contribution is -2.43. The fraction of sp³-hybridized carbons (Fsp3) is 0.308. The first-order valence-corrected chi connectivity index (χ1v) is 11.4. The van der Waals surface area contributed by atoms with E-state index in [0.29, 0.717) is 12.0 Å². The lowest BCUT2D eigenvalue weighted by molar-refractivity contribution is -0.117. The van der Waals surface area contributed by atoms with Crippen molar-refractivity contribution in [2.45, 2.75) is 44.7 Å². The minimum atomic E-state index is 0.0819. The molecule has 33 heavy (non-hydrogen) atoms. The summed E-state index contributed by atoms with van der Waals surface area (Å²) in [5.74, 6) is 0.755. The first-order valence-electron chi connectivity index (χ1n) is 11.4. The van der Waals surface area contributed by atoms with Crippen LogP contribution in [-0.4, -0.2) is 37.7 Å². The highest BCUT2D eigenvalue weighted by Crippen LogP contribution is 2.30. The summed E-state index contributed by atoms with van der Waals surface area (Å²) in [4.78, 5) is 23.6. The van der Waals surface area contributed by atoms with Crippen molar-refractivity contribution in [2.75, 3.05) is 10.2 Å². The summed E-state index contributed by atoms with van der Waals surface area (Å²) in [6.07, 6.45) is 9.53. The number of carbonyl (C=O) groups excluding carboxylic acids is 1. The topological polar surface area (TPSA) is 75.9 Å². The molecule has 0 unspecified atom stereocenters. The van der Waals surface area contributed by atoms with E-state index >= 15 is 0 Å². The average molecular weight is 441 g/mol. The van der Waals surface area contributed by atoms with Crippen LogP contribution in [0.25, 0.3) is 22.0 Å². The molecule has 168 valence electrons. The Hall–Kier alpha value is -3.74. The van der Waals surface area contributed by atoms with Gasteiger partial charge in [0.15, 0.2) is 0 Å². The molecule has 1 aliphatic rings. The number of aromatic nitrogens is 4. The van der Waals surface area contributed by atoms with E-state index in [4.69, 9.17) is 0 Å². The van der Waals surface area contributed by atoms with Crippen molar-refractivity contribution in [2.24, 2.45) is 7.05 Å². The first kappa shape index (κ1) is 21.1. The van der Waals surface area contributed by atoms with Crippen LogP contribution in [0.3, 0.4) is 0 Å². The Labute approximate surface area is 193 Å². The van der Waals surface area contributed by atoms with E-state index in [1.54, 1.807) is 11.6 Å². The maximum atomic E-state index is 12.6. The smallest absolute Gasteiger partial charge is 0.224 e. The normalized spacial score (nSPS) is 18.2. The van der Waals surface area contributed by atoms with E-state index in [0.717, 1.165) is 53.4 Å². The van der Waals surface area contributed by atoms with Gasteiger partial charge >= 0.3 is 0 Å². The molecule has 1 aliphatic carbocycles. The molecule has 0 bridgehead atoms. The molecule has 4 aromatic rings. The van der Waals surface area contributed by atoms with Crippen molar-refractivity contribution in [3.8, 4) is 11.1 Å². The van der Waals surface area contributed by atoms with E-state index in [9.17, 15) is 4.79 Å². The number of hydrogen-bond acceptors (Lipinski definition) is 5. The number of aryl methyl sites for hydroxylation is 1. The molecule has 0 spiro atoms. The van der Waals surface area contributed by atoms with Crippen molar-refractivity contribution in [1.29, 1.82) is 0 Å². The molecule has 0 atom stereocenters. The Morgan fingerprint density at radius 1 is 1.00 bits per heavy atom. The van der Waals surface area contributed by atoms with Gasteiger partial charge in [-0.25, -0.2) is 9.97 Å². The van der Waals surface area contributed by atoms with Crippen LogP contribution in [0, 0.1) is 0 Å². The summed E-state index contributed by atoms with van der Waals surface area (Å²) in [5.41, 5.74) is 4.06. The van der Waals surface area contributed by atoms with Crippen LogP contribution in [0.1, 0.15) is 32.6 Å². The van der Waals surface area contributed by atoms with E-state index in [-0.39, 0.29) is 11.9 Å². The maximum absolute atomic E-state index is 12.6. The first-order chi connectivity index (χ1) is 16.1. The number of rotatable bonds is 5. The number of nitrogens with zero attached hydrogens (tertiary/aromatic N) is 5. The summed E-state index contributed by atoms with van der Waals surface area (Å²) in [7, 11) is 1.91. The number of para-hydroxylation sites is 1. The van der Waals surface area contributed by atoms with Crippen molar-refractivity contribution < 1.29 is 4.79 Å². The largest absolute Gasteiger partial charge is 0.351 e. The highest BCUT2D eigenvalue weighted by molar-refractivity contribution is 5.92. The minimum absolute atomic E-state index is 0.0819. The highest BCUT2D eigenvalue weighted by Gasteiger charge is 2.28. The van der Waals surface area contributed by atoms with Gasteiger partial charge in [-0.05, 0) is 49.4 Å². The van der Waals surface area contributed by atoms with Gasteiger partial charge in [-0.15, -0.1) is 0 Å². The van der Waals surface area contributed by atoms with Gasteiger partial charge in [-0.2, -0.15) is 5.10 Å². The fourth-order valence-corrected chi connectivity index (χ4v) is 4.74. The molecular weight excluding hydrogens is 412 g/mol. The summed E-state index contributed by atoms with van der Waals surface area (Å²) < 4.78 is 1.79. The summed E-state index contributed by atoms with van der Waals surface area (Å²) in [5, 5.41) is 8.78. The number of benzene rings is 2. The molecule has 5 rings (SSSR count). The SMILES string of the molecule is CC(=O)N(c1ccc(-c2cnn(C)c2)cc1)C1CCC(Nc2ncc3ccccc3n2)CC1. The Kier molecular flexibility index (Phi) is 5.77. The molecule has 7 heteroatoms. The second kappa shape index (κ2) is 9.02. The standard InChI is InChI=1S/C26H28N6O/c1-18(33)32(23-11-7-19(8-12-23)21-16-28-31(2)17-21)24-13-9-22(10-14-24)29-26-27-15-20-5-3-4-6-25(20)30-26/h3-8,11-12,15-17,22,24H,9-10,13-14H2,1-2H3,(H,27,29,30). The third-order valence-corrected chi connectivity index (χ3v) is 6.41. The predicted octanol–water partition coefficient (Wildman–Crippen LogP) is 4.81. The molecule has 1 N–H and O–H groups in total. The van der Waals surface area contributed by atoms with Crippen molar-refractivity contribution in [3.63, 3.8) is 0 Å². The van der Waals surface area contributed by atoms with Gasteiger partial charge < -0.3 is 10.2 Å². The second-order valence-electron chi connectivity index (χ2n) is 8.74. The number of nitrogens with one attached hydrogen (secondary N) is 1. The van der Waals surface area contributed by atoms with Crippen LogP contribution in [0.15, 0.2) is 67.1 Å². The Morgan fingerprint density at radius 2 is 1.76 bits per heavy atom. The molecule has 7 nitrogen and oxygen atoms in total. The van der Waals surface area contributed by atoms with Crippen molar-refractivity contribution >= 4 is 28.4 Å². The van der Waals surface area contributed by atoms with Gasteiger partial charge in [0.05, 0.1) is 11.7 Å². The third kappa shape index (κ3) is 4.58. The molecule has 1 fully saturated rings. The molecule has 0 saturated heterocycles. The Balaban J connectivity index is 1.24. The van der Waals surface area contributed by atoms with Gasteiger partial charge in [0.2, 0.25) is 11.9 Å². The lowest BCUT2D eigenvalue weighted by atomic mass is 9.89. The van der Waals surface area contributed by atoms with Gasteiger partial charge in [0.1, 0.15) is 0 Å². The number of anilines is 2. The molecule has 2 heterocycles. The summed E-state index contributed by atoms with van der Waals surface area (Å²) in [6, 6.07) is 16.7. The molecule has 0 aliphatic heterocycles. The quantitative estimate of drug-likeness (QED) is 0.482. The maximum Gasteiger partial charge on any atom is 0.224 e. The van der Waals surface area contributed by atoms with Crippen LogP contribution in [0.4, 0.5) is 11.6 Å². The Bertz CT molecular complexity index is 1260. The van der Waals surface area contributed by atoms with Gasteiger partial charge in [0, 0.05) is 55.1 Å². The van der Waals surface area contributed by atoms with Crippen LogP contribution >= 0.6 is 0 Å². The van der Waals surface area contributed by atoms with Crippen molar-refractivity contribution in [1.82, 2.24) is 19.7 Å². The monoisotopic (exact) mass is 440 g/mol. The summed E-state index contributed by atoms with van der Waals surface area (Å²) in [6.45, 7) is 1.66. The highest BCUT2D eigenvalue weighted by atomic mass is 16.2. The van der Waals surface area contributed by atoms with E-state index < -0.39 is 0 Å². The average Bonchev–Trinajstić information content (AvgIpc) is 3.27. The molecule has 2 aromatic carbocycles. The zero-order valence-corrected chi connectivity index (χ0v) is 19.0. The van der Waals surface area contributed by atoms with E-state index in [2.05, 4.69) is 32.5 Å². The van der Waals surface area contributed by atoms with Gasteiger partial charge in [0.25, 0.3) is 0 Å². The second-order valence-corrected chi connectivity index (χ2v) is 8.74. The third-order valence-electron chi connectivity index (χ3n) is 6.41. The van der Waals surface area contributed by atoms with Gasteiger partial charge in [-0.3, -0.25) is 9.48 Å². The van der Waals surface area contributed by atoms with E-state index in [1.807, 2.05) is 66.9 Å². The molecule has 1 amide bonds. The number of fused-ring (bicyclic) bond motifs is 1. The van der Waals surface area contributed by atoms with Gasteiger partial charge in [-0.1, -0.05) is 30.3 Å². The zero-order valence-electron chi connectivity index (χ0n) is 19.0. The minimum Gasteiger partial charge on any atom is -0.351 e. The summed E-state index contributed by atoms with van der Waals surface area (Å²) >= 11 is 0. The fourth-order valence-electron chi connectivity index (χ4n) is 4.74. The molecule has 2 aromatic heterocycles. The zero-order chi connectivity index (χ0) is 22.8. The van der Waals surface area contributed by atoms with Crippen molar-refractivity contribution in [3.05, 3.63) is 67.1 Å². The van der Waals surface area contributed by atoms with Crippen LogP contribution in [0.2, 0.25) is 0 Å². The molecular formula is C26H28N6O. The van der Waals surface area contributed by atoms with Crippen LogP contribution in [-0.2, 0) is 11.8 Å². The lowest BCUT2D eigenvalue weighted by Gasteiger charge is -2.36. The molecule has 1 saturated carbocycles. The number of hydrogen-bond donors (Lipinski definition) is 1. The molecule has 0 radical (unpaired) electrons. The van der Waals surface area contributed by atoms with Crippen LogP contribution in [0.5, 0.6) is 0 Å². The number of amides is 1.